The normalized spacial score (nSPS) is 13.8. The number of oxime groups is 1. The Morgan fingerprint density at radius 2 is 1.91 bits per heavy atom. The molecular formula is C17H16FNO3. The second-order valence-electron chi connectivity index (χ2n) is 4.90. The summed E-state index contributed by atoms with van der Waals surface area (Å²) in [5, 5.41) is 4.03. The standard InChI is InChI=1S/C17H16FNO3/c1-12(19-22-11-14-4-2-3-5-15(14)18)13-6-7-16-17(10-13)21-9-8-20-16/h2-7,10H,8-9,11H2,1H3. The van der Waals surface area contributed by atoms with Crippen LogP contribution in [-0.4, -0.2) is 18.9 Å². The molecule has 0 saturated heterocycles. The van der Waals surface area contributed by atoms with Gasteiger partial charge < -0.3 is 14.3 Å². The fraction of sp³-hybridized carbons (Fsp3) is 0.235. The Bertz CT molecular complexity index is 700. The number of hydrogen-bond acceptors (Lipinski definition) is 4. The van der Waals surface area contributed by atoms with E-state index in [2.05, 4.69) is 5.16 Å². The predicted octanol–water partition coefficient (Wildman–Crippen LogP) is 3.54. The van der Waals surface area contributed by atoms with Crippen molar-refractivity contribution in [1.82, 2.24) is 0 Å². The monoisotopic (exact) mass is 301 g/mol. The summed E-state index contributed by atoms with van der Waals surface area (Å²) < 4.78 is 24.5. The quantitative estimate of drug-likeness (QED) is 0.640. The number of nitrogens with zero attached hydrogens (tertiary/aromatic N) is 1. The Hall–Kier alpha value is -2.56. The predicted molar refractivity (Wildman–Crippen MR) is 80.8 cm³/mol. The first kappa shape index (κ1) is 14.4. The van der Waals surface area contributed by atoms with Crippen LogP contribution in [0.2, 0.25) is 0 Å². The molecule has 3 rings (SSSR count). The Balaban J connectivity index is 1.68. The Kier molecular flexibility index (Phi) is 4.23. The van der Waals surface area contributed by atoms with Gasteiger partial charge in [-0.1, -0.05) is 23.4 Å². The van der Waals surface area contributed by atoms with E-state index in [-0.39, 0.29) is 12.4 Å². The van der Waals surface area contributed by atoms with Crippen molar-refractivity contribution in [1.29, 1.82) is 0 Å². The molecule has 114 valence electrons. The number of halogens is 1. The van der Waals surface area contributed by atoms with Crippen LogP contribution in [0, 0.1) is 5.82 Å². The van der Waals surface area contributed by atoms with Crippen molar-refractivity contribution >= 4 is 5.71 Å². The molecule has 0 aliphatic carbocycles. The molecule has 0 N–H and O–H groups in total. The first-order valence-electron chi connectivity index (χ1n) is 7.04. The molecule has 0 atom stereocenters. The maximum absolute atomic E-state index is 13.5. The van der Waals surface area contributed by atoms with Crippen molar-refractivity contribution in [3.63, 3.8) is 0 Å². The maximum atomic E-state index is 13.5. The number of benzene rings is 2. The highest BCUT2D eigenvalue weighted by molar-refractivity contribution is 5.98. The summed E-state index contributed by atoms with van der Waals surface area (Å²) in [4.78, 5) is 5.24. The van der Waals surface area contributed by atoms with E-state index in [1.807, 2.05) is 25.1 Å². The summed E-state index contributed by atoms with van der Waals surface area (Å²) in [6, 6.07) is 12.1. The summed E-state index contributed by atoms with van der Waals surface area (Å²) in [5.41, 5.74) is 2.03. The molecule has 22 heavy (non-hydrogen) atoms. The van der Waals surface area contributed by atoms with Gasteiger partial charge in [0, 0.05) is 11.1 Å². The van der Waals surface area contributed by atoms with Crippen LogP contribution >= 0.6 is 0 Å². The highest BCUT2D eigenvalue weighted by Crippen LogP contribution is 2.30. The van der Waals surface area contributed by atoms with Gasteiger partial charge in [0.2, 0.25) is 0 Å². The Labute approximate surface area is 128 Å². The van der Waals surface area contributed by atoms with Crippen LogP contribution < -0.4 is 9.47 Å². The van der Waals surface area contributed by atoms with Crippen molar-refractivity contribution in [3.05, 3.63) is 59.4 Å². The lowest BCUT2D eigenvalue weighted by Crippen LogP contribution is -2.15. The van der Waals surface area contributed by atoms with Crippen LogP contribution in [0.25, 0.3) is 0 Å². The van der Waals surface area contributed by atoms with E-state index in [1.54, 1.807) is 18.2 Å². The molecule has 4 nitrogen and oxygen atoms in total. The number of rotatable bonds is 4. The minimum atomic E-state index is -0.297. The highest BCUT2D eigenvalue weighted by Gasteiger charge is 2.12. The molecule has 0 fully saturated rings. The van der Waals surface area contributed by atoms with Crippen LogP contribution in [0.1, 0.15) is 18.1 Å². The lowest BCUT2D eigenvalue weighted by molar-refractivity contribution is 0.128. The average molecular weight is 301 g/mol. The van der Waals surface area contributed by atoms with Crippen LogP contribution in [-0.2, 0) is 11.4 Å². The van der Waals surface area contributed by atoms with E-state index >= 15 is 0 Å². The molecule has 0 unspecified atom stereocenters. The molecule has 0 radical (unpaired) electrons. The molecule has 5 heteroatoms. The van der Waals surface area contributed by atoms with E-state index < -0.39 is 0 Å². The summed E-state index contributed by atoms with van der Waals surface area (Å²) in [6.45, 7) is 3.02. The molecule has 1 aliphatic rings. The van der Waals surface area contributed by atoms with Crippen molar-refractivity contribution in [2.24, 2.45) is 5.16 Å². The molecule has 2 aromatic rings. The maximum Gasteiger partial charge on any atom is 0.162 e. The van der Waals surface area contributed by atoms with Crippen molar-refractivity contribution in [2.75, 3.05) is 13.2 Å². The molecule has 0 saturated carbocycles. The zero-order valence-corrected chi connectivity index (χ0v) is 12.2. The van der Waals surface area contributed by atoms with E-state index in [0.717, 1.165) is 11.3 Å². The highest BCUT2D eigenvalue weighted by atomic mass is 19.1. The third-order valence-electron chi connectivity index (χ3n) is 3.34. The van der Waals surface area contributed by atoms with Crippen LogP contribution in [0.15, 0.2) is 47.6 Å². The SMILES string of the molecule is CC(=NOCc1ccccc1F)c1ccc2c(c1)OCCO2. The molecule has 0 spiro atoms. The summed E-state index contributed by atoms with van der Waals surface area (Å²) in [5.74, 6) is 1.14. The minimum absolute atomic E-state index is 0.0918. The van der Waals surface area contributed by atoms with Gasteiger partial charge in [0.1, 0.15) is 25.6 Å². The zero-order chi connectivity index (χ0) is 15.4. The van der Waals surface area contributed by atoms with E-state index in [9.17, 15) is 4.39 Å². The lowest BCUT2D eigenvalue weighted by Gasteiger charge is -2.18. The number of hydrogen-bond donors (Lipinski definition) is 0. The van der Waals surface area contributed by atoms with Gasteiger partial charge in [0.05, 0.1) is 5.71 Å². The molecule has 2 aromatic carbocycles. The van der Waals surface area contributed by atoms with Crippen LogP contribution in [0.4, 0.5) is 4.39 Å². The molecule has 1 heterocycles. The van der Waals surface area contributed by atoms with Crippen LogP contribution in [0.3, 0.4) is 0 Å². The zero-order valence-electron chi connectivity index (χ0n) is 12.2. The third kappa shape index (κ3) is 3.19. The Morgan fingerprint density at radius 1 is 1.14 bits per heavy atom. The van der Waals surface area contributed by atoms with Crippen molar-refractivity contribution < 1.29 is 18.7 Å². The van der Waals surface area contributed by atoms with Crippen molar-refractivity contribution in [2.45, 2.75) is 13.5 Å². The van der Waals surface area contributed by atoms with Gasteiger partial charge in [-0.05, 0) is 31.2 Å². The van der Waals surface area contributed by atoms with Gasteiger partial charge in [-0.25, -0.2) is 4.39 Å². The average Bonchev–Trinajstić information content (AvgIpc) is 2.56. The largest absolute Gasteiger partial charge is 0.486 e. The molecule has 0 bridgehead atoms. The van der Waals surface area contributed by atoms with Gasteiger partial charge >= 0.3 is 0 Å². The summed E-state index contributed by atoms with van der Waals surface area (Å²) in [7, 11) is 0. The first-order chi connectivity index (χ1) is 10.7. The van der Waals surface area contributed by atoms with Gasteiger partial charge in [-0.2, -0.15) is 0 Å². The summed E-state index contributed by atoms with van der Waals surface area (Å²) in [6.07, 6.45) is 0. The molecule has 0 aromatic heterocycles. The topological polar surface area (TPSA) is 40.0 Å². The van der Waals surface area contributed by atoms with Gasteiger partial charge in [-0.15, -0.1) is 0 Å². The minimum Gasteiger partial charge on any atom is -0.486 e. The van der Waals surface area contributed by atoms with E-state index in [0.29, 0.717) is 30.2 Å². The summed E-state index contributed by atoms with van der Waals surface area (Å²) >= 11 is 0. The second-order valence-corrected chi connectivity index (χ2v) is 4.90. The third-order valence-corrected chi connectivity index (χ3v) is 3.34. The molecular weight excluding hydrogens is 285 g/mol. The molecule has 0 amide bonds. The molecule has 1 aliphatic heterocycles. The van der Waals surface area contributed by atoms with Gasteiger partial charge in [0.25, 0.3) is 0 Å². The first-order valence-corrected chi connectivity index (χ1v) is 7.04. The van der Waals surface area contributed by atoms with E-state index in [4.69, 9.17) is 14.3 Å². The fourth-order valence-corrected chi connectivity index (χ4v) is 2.14. The Morgan fingerprint density at radius 3 is 2.73 bits per heavy atom. The lowest BCUT2D eigenvalue weighted by atomic mass is 10.1. The number of fused-ring (bicyclic) bond motifs is 1. The van der Waals surface area contributed by atoms with Crippen molar-refractivity contribution in [3.8, 4) is 11.5 Å². The second kappa shape index (κ2) is 6.47. The van der Waals surface area contributed by atoms with E-state index in [1.165, 1.54) is 6.07 Å². The van der Waals surface area contributed by atoms with Crippen LogP contribution in [0.5, 0.6) is 11.5 Å². The van der Waals surface area contributed by atoms with Gasteiger partial charge in [-0.3, -0.25) is 0 Å². The number of ether oxygens (including phenoxy) is 2. The smallest absolute Gasteiger partial charge is 0.162 e. The van der Waals surface area contributed by atoms with Gasteiger partial charge in [0.15, 0.2) is 11.5 Å². The fourth-order valence-electron chi connectivity index (χ4n) is 2.14.